The highest BCUT2D eigenvalue weighted by Gasteiger charge is 1.93. The number of carboxylic acids is 1. The molecule has 0 saturated heterocycles. The maximum absolute atomic E-state index is 10.1. The van der Waals surface area contributed by atoms with Gasteiger partial charge in [-0.2, -0.15) is 0 Å². The average Bonchev–Trinajstić information content (AvgIpc) is 2.09. The second-order valence-electron chi connectivity index (χ2n) is 2.88. The largest absolute Gasteiger partial charge is 0.502 e. The molecule has 0 aliphatic carbocycles. The lowest BCUT2D eigenvalue weighted by Gasteiger charge is -1.95. The second-order valence-corrected chi connectivity index (χ2v) is 2.88. The minimum Gasteiger partial charge on any atom is -0.502 e. The van der Waals surface area contributed by atoms with Crippen molar-refractivity contribution in [3.8, 4) is 0 Å². The van der Waals surface area contributed by atoms with Crippen LogP contribution in [0.5, 0.6) is 0 Å². The van der Waals surface area contributed by atoms with Crippen molar-refractivity contribution >= 4 is 5.97 Å². The van der Waals surface area contributed by atoms with Crippen LogP contribution in [0.1, 0.15) is 39.0 Å². The van der Waals surface area contributed by atoms with Crippen molar-refractivity contribution in [3.63, 3.8) is 0 Å². The lowest BCUT2D eigenvalue weighted by molar-refractivity contribution is -0.137. The van der Waals surface area contributed by atoms with E-state index in [1.807, 2.05) is 6.08 Å². The van der Waals surface area contributed by atoms with Crippen molar-refractivity contribution in [3.05, 3.63) is 12.3 Å². The van der Waals surface area contributed by atoms with Crippen LogP contribution < -0.4 is 0 Å². The average molecular weight is 186 g/mol. The van der Waals surface area contributed by atoms with Gasteiger partial charge in [0.2, 0.25) is 0 Å². The molecule has 0 aromatic heterocycles. The van der Waals surface area contributed by atoms with Gasteiger partial charge in [0.05, 0.1) is 12.9 Å². The highest BCUT2D eigenvalue weighted by molar-refractivity contribution is 5.66. The van der Waals surface area contributed by atoms with Gasteiger partial charge in [-0.25, -0.2) is 0 Å². The summed E-state index contributed by atoms with van der Waals surface area (Å²) in [5, 5.41) is 8.34. The molecular weight excluding hydrogens is 168 g/mol. The standard InChI is InChI=1S/C10H18O3/c1-2-8-13-9-6-4-3-5-7-10(11)12/h6,9H,2-5,7-8H2,1H3,(H,11,12)/b9-6-. The van der Waals surface area contributed by atoms with Crippen molar-refractivity contribution in [1.29, 1.82) is 0 Å². The van der Waals surface area contributed by atoms with Gasteiger partial charge in [-0.15, -0.1) is 0 Å². The Balaban J connectivity index is 3.06. The van der Waals surface area contributed by atoms with E-state index in [-0.39, 0.29) is 6.42 Å². The minimum absolute atomic E-state index is 0.268. The van der Waals surface area contributed by atoms with E-state index in [1.54, 1.807) is 6.26 Å². The van der Waals surface area contributed by atoms with Crippen LogP contribution in [0.3, 0.4) is 0 Å². The monoisotopic (exact) mass is 186 g/mol. The lowest BCUT2D eigenvalue weighted by atomic mass is 10.2. The fraction of sp³-hybridized carbons (Fsp3) is 0.700. The number of carboxylic acid groups (broad SMARTS) is 1. The molecule has 0 aromatic carbocycles. The van der Waals surface area contributed by atoms with Crippen molar-refractivity contribution in [2.75, 3.05) is 6.61 Å². The van der Waals surface area contributed by atoms with Gasteiger partial charge in [-0.05, 0) is 31.8 Å². The van der Waals surface area contributed by atoms with Crippen LogP contribution in [0, 0.1) is 0 Å². The summed E-state index contributed by atoms with van der Waals surface area (Å²) in [6, 6.07) is 0. The molecule has 13 heavy (non-hydrogen) atoms. The normalized spacial score (nSPS) is 10.5. The van der Waals surface area contributed by atoms with Crippen LogP contribution in [0.25, 0.3) is 0 Å². The number of ether oxygens (including phenoxy) is 1. The van der Waals surface area contributed by atoms with Crippen LogP contribution in [0.2, 0.25) is 0 Å². The van der Waals surface area contributed by atoms with Crippen LogP contribution in [0.4, 0.5) is 0 Å². The molecule has 0 aliphatic rings. The molecule has 0 heterocycles. The van der Waals surface area contributed by atoms with Crippen LogP contribution in [0.15, 0.2) is 12.3 Å². The molecular formula is C10H18O3. The predicted octanol–water partition coefficient (Wildman–Crippen LogP) is 2.57. The van der Waals surface area contributed by atoms with Crippen molar-refractivity contribution in [1.82, 2.24) is 0 Å². The van der Waals surface area contributed by atoms with E-state index < -0.39 is 5.97 Å². The van der Waals surface area contributed by atoms with Crippen molar-refractivity contribution in [2.45, 2.75) is 39.0 Å². The van der Waals surface area contributed by atoms with Crippen LogP contribution in [-0.4, -0.2) is 17.7 Å². The number of allylic oxidation sites excluding steroid dienone is 1. The third-order valence-electron chi connectivity index (χ3n) is 1.53. The first-order valence-electron chi connectivity index (χ1n) is 4.75. The third kappa shape index (κ3) is 11.0. The Morgan fingerprint density at radius 1 is 1.46 bits per heavy atom. The smallest absolute Gasteiger partial charge is 0.303 e. The summed E-state index contributed by atoms with van der Waals surface area (Å²) in [5.41, 5.74) is 0. The van der Waals surface area contributed by atoms with E-state index in [9.17, 15) is 4.79 Å². The highest BCUT2D eigenvalue weighted by Crippen LogP contribution is 2.00. The van der Waals surface area contributed by atoms with Gasteiger partial charge < -0.3 is 9.84 Å². The first-order chi connectivity index (χ1) is 6.27. The SMILES string of the molecule is CCCO/C=C\CCCCC(=O)O. The summed E-state index contributed by atoms with van der Waals surface area (Å²) in [5.74, 6) is -0.716. The molecule has 0 fully saturated rings. The molecule has 0 unspecified atom stereocenters. The van der Waals surface area contributed by atoms with E-state index >= 15 is 0 Å². The number of hydrogen-bond donors (Lipinski definition) is 1. The molecule has 3 heteroatoms. The number of unbranched alkanes of at least 4 members (excludes halogenated alkanes) is 2. The molecule has 0 aromatic rings. The van der Waals surface area contributed by atoms with Gasteiger partial charge in [-0.1, -0.05) is 6.92 Å². The quantitative estimate of drug-likeness (QED) is 0.468. The summed E-state index contributed by atoms with van der Waals surface area (Å²) in [7, 11) is 0. The maximum Gasteiger partial charge on any atom is 0.303 e. The number of hydrogen-bond acceptors (Lipinski definition) is 2. The van der Waals surface area contributed by atoms with Gasteiger partial charge >= 0.3 is 5.97 Å². The summed E-state index contributed by atoms with van der Waals surface area (Å²) in [4.78, 5) is 10.1. The van der Waals surface area contributed by atoms with E-state index in [1.165, 1.54) is 0 Å². The van der Waals surface area contributed by atoms with Gasteiger partial charge in [0.15, 0.2) is 0 Å². The molecule has 1 N–H and O–H groups in total. The topological polar surface area (TPSA) is 46.5 Å². The Labute approximate surface area is 79.4 Å². The molecule has 0 aliphatic heterocycles. The van der Waals surface area contributed by atoms with Gasteiger partial charge in [0, 0.05) is 6.42 Å². The van der Waals surface area contributed by atoms with Gasteiger partial charge in [0.1, 0.15) is 0 Å². The molecule has 0 spiro atoms. The Hall–Kier alpha value is -0.990. The van der Waals surface area contributed by atoms with E-state index in [4.69, 9.17) is 9.84 Å². The highest BCUT2D eigenvalue weighted by atomic mass is 16.5. The number of rotatable bonds is 8. The van der Waals surface area contributed by atoms with Gasteiger partial charge in [0.25, 0.3) is 0 Å². The fourth-order valence-corrected chi connectivity index (χ4v) is 0.860. The Morgan fingerprint density at radius 2 is 2.23 bits per heavy atom. The first-order valence-corrected chi connectivity index (χ1v) is 4.75. The number of aliphatic carboxylic acids is 1. The Bertz CT molecular complexity index is 152. The molecule has 3 nitrogen and oxygen atoms in total. The molecule has 76 valence electrons. The molecule has 0 saturated carbocycles. The molecule has 0 rings (SSSR count). The molecule has 0 amide bonds. The summed E-state index contributed by atoms with van der Waals surface area (Å²) in [6.45, 7) is 2.81. The number of carbonyl (C=O) groups is 1. The summed E-state index contributed by atoms with van der Waals surface area (Å²) < 4.78 is 5.11. The summed E-state index contributed by atoms with van der Waals surface area (Å²) in [6.07, 6.45) is 7.48. The zero-order valence-corrected chi connectivity index (χ0v) is 8.16. The van der Waals surface area contributed by atoms with Crippen molar-refractivity contribution in [2.24, 2.45) is 0 Å². The van der Waals surface area contributed by atoms with E-state index in [0.29, 0.717) is 0 Å². The zero-order chi connectivity index (χ0) is 9.94. The fourth-order valence-electron chi connectivity index (χ4n) is 0.860. The molecule has 0 radical (unpaired) electrons. The predicted molar refractivity (Wildman–Crippen MR) is 51.5 cm³/mol. The third-order valence-corrected chi connectivity index (χ3v) is 1.53. The maximum atomic E-state index is 10.1. The van der Waals surface area contributed by atoms with Gasteiger partial charge in [-0.3, -0.25) is 4.79 Å². The summed E-state index contributed by atoms with van der Waals surface area (Å²) >= 11 is 0. The second kappa shape index (κ2) is 9.10. The Kier molecular flexibility index (Phi) is 8.41. The minimum atomic E-state index is -0.716. The Morgan fingerprint density at radius 3 is 2.85 bits per heavy atom. The first kappa shape index (κ1) is 12.0. The van der Waals surface area contributed by atoms with E-state index in [0.717, 1.165) is 32.3 Å². The van der Waals surface area contributed by atoms with Crippen LogP contribution in [-0.2, 0) is 9.53 Å². The molecule has 0 bridgehead atoms. The van der Waals surface area contributed by atoms with E-state index in [2.05, 4.69) is 6.92 Å². The lowest BCUT2D eigenvalue weighted by Crippen LogP contribution is -1.92. The zero-order valence-electron chi connectivity index (χ0n) is 8.16. The van der Waals surface area contributed by atoms with Crippen LogP contribution >= 0.6 is 0 Å². The molecule has 0 atom stereocenters. The van der Waals surface area contributed by atoms with Crippen molar-refractivity contribution < 1.29 is 14.6 Å².